The Labute approximate surface area is 98.8 Å². The van der Waals surface area contributed by atoms with Crippen LogP contribution >= 0.6 is 15.9 Å². The maximum Gasteiger partial charge on any atom is 0.153 e. The lowest BCUT2D eigenvalue weighted by molar-refractivity contribution is 0.111. The first-order chi connectivity index (χ1) is 6.94. The fraction of sp³-hybridized carbons (Fsp3) is 0.417. The molecule has 0 aliphatic rings. The first-order valence-electron chi connectivity index (χ1n) is 4.80. The van der Waals surface area contributed by atoms with Gasteiger partial charge in [-0.15, -0.1) is 0 Å². The summed E-state index contributed by atoms with van der Waals surface area (Å²) >= 11 is 3.37. The monoisotopic (exact) mass is 270 g/mol. The second-order valence-electron chi connectivity index (χ2n) is 4.63. The molecule has 0 bridgehead atoms. The van der Waals surface area contributed by atoms with Crippen LogP contribution in [0.25, 0.3) is 0 Å². The van der Waals surface area contributed by atoms with Crippen molar-refractivity contribution in [3.05, 3.63) is 28.2 Å². The normalized spacial score (nSPS) is 11.2. The average molecular weight is 271 g/mol. The van der Waals surface area contributed by atoms with Gasteiger partial charge in [0.2, 0.25) is 0 Å². The minimum Gasteiger partial charge on any atom is -0.491 e. The second kappa shape index (κ2) is 4.79. The molecule has 0 atom stereocenters. The largest absolute Gasteiger partial charge is 0.491 e. The molecule has 15 heavy (non-hydrogen) atoms. The maximum atomic E-state index is 10.8. The summed E-state index contributed by atoms with van der Waals surface area (Å²) in [7, 11) is 0. The van der Waals surface area contributed by atoms with Crippen molar-refractivity contribution in [3.8, 4) is 5.75 Å². The Hall–Kier alpha value is -0.830. The Bertz CT molecular complexity index is 353. The van der Waals surface area contributed by atoms with Gasteiger partial charge in [0.05, 0.1) is 16.6 Å². The van der Waals surface area contributed by atoms with Crippen molar-refractivity contribution in [1.82, 2.24) is 0 Å². The van der Waals surface area contributed by atoms with Crippen LogP contribution in [0.4, 0.5) is 0 Å². The van der Waals surface area contributed by atoms with Crippen LogP contribution in [0.3, 0.4) is 0 Å². The number of hydrogen-bond donors (Lipinski definition) is 0. The Morgan fingerprint density at radius 2 is 2.07 bits per heavy atom. The number of halogens is 1. The van der Waals surface area contributed by atoms with E-state index in [1.54, 1.807) is 6.07 Å². The molecule has 0 spiro atoms. The molecule has 0 aliphatic heterocycles. The van der Waals surface area contributed by atoms with Gasteiger partial charge in [0.25, 0.3) is 0 Å². The predicted molar refractivity (Wildman–Crippen MR) is 64.5 cm³/mol. The lowest BCUT2D eigenvalue weighted by atomic mass is 9.99. The molecule has 0 saturated heterocycles. The van der Waals surface area contributed by atoms with E-state index in [4.69, 9.17) is 4.74 Å². The third-order valence-electron chi connectivity index (χ3n) is 1.77. The van der Waals surface area contributed by atoms with Gasteiger partial charge in [-0.05, 0) is 33.5 Å². The molecule has 3 heteroatoms. The fourth-order valence-electron chi connectivity index (χ4n) is 1.06. The summed E-state index contributed by atoms with van der Waals surface area (Å²) in [5, 5.41) is 0. The SMILES string of the molecule is CC(C)(C)COc1c(Br)cccc1C=O. The van der Waals surface area contributed by atoms with Gasteiger partial charge in [-0.2, -0.15) is 0 Å². The van der Waals surface area contributed by atoms with Crippen molar-refractivity contribution in [2.75, 3.05) is 6.61 Å². The highest BCUT2D eigenvalue weighted by Crippen LogP contribution is 2.29. The number of para-hydroxylation sites is 1. The highest BCUT2D eigenvalue weighted by atomic mass is 79.9. The molecule has 0 aliphatic carbocycles. The van der Waals surface area contributed by atoms with Crippen LogP contribution in [-0.2, 0) is 0 Å². The summed E-state index contributed by atoms with van der Waals surface area (Å²) in [5.74, 6) is 0.627. The van der Waals surface area contributed by atoms with E-state index in [0.717, 1.165) is 10.8 Å². The number of rotatable bonds is 3. The van der Waals surface area contributed by atoms with Crippen molar-refractivity contribution < 1.29 is 9.53 Å². The molecule has 0 unspecified atom stereocenters. The van der Waals surface area contributed by atoms with Crippen LogP contribution in [0.5, 0.6) is 5.75 Å². The molecule has 0 amide bonds. The first kappa shape index (κ1) is 12.2. The molecule has 82 valence electrons. The van der Waals surface area contributed by atoms with Crippen molar-refractivity contribution >= 4 is 22.2 Å². The van der Waals surface area contributed by atoms with Gasteiger partial charge in [-0.1, -0.05) is 26.8 Å². The quantitative estimate of drug-likeness (QED) is 0.784. The third kappa shape index (κ3) is 3.67. The van der Waals surface area contributed by atoms with Crippen molar-refractivity contribution in [3.63, 3.8) is 0 Å². The lowest BCUT2D eigenvalue weighted by Crippen LogP contribution is -2.17. The molecule has 1 aromatic rings. The number of aldehydes is 1. The van der Waals surface area contributed by atoms with E-state index in [2.05, 4.69) is 36.7 Å². The molecule has 1 aromatic carbocycles. The average Bonchev–Trinajstić information content (AvgIpc) is 2.14. The van der Waals surface area contributed by atoms with Crippen LogP contribution < -0.4 is 4.74 Å². The van der Waals surface area contributed by atoms with E-state index in [9.17, 15) is 4.79 Å². The molecule has 0 aromatic heterocycles. The number of ether oxygens (including phenoxy) is 1. The highest BCUT2D eigenvalue weighted by molar-refractivity contribution is 9.10. The second-order valence-corrected chi connectivity index (χ2v) is 5.48. The fourth-order valence-corrected chi connectivity index (χ4v) is 1.56. The van der Waals surface area contributed by atoms with Crippen molar-refractivity contribution in [1.29, 1.82) is 0 Å². The third-order valence-corrected chi connectivity index (χ3v) is 2.40. The Kier molecular flexibility index (Phi) is 3.91. The molecule has 1 rings (SSSR count). The first-order valence-corrected chi connectivity index (χ1v) is 5.60. The van der Waals surface area contributed by atoms with Crippen molar-refractivity contribution in [2.24, 2.45) is 5.41 Å². The zero-order valence-corrected chi connectivity index (χ0v) is 10.8. The highest BCUT2D eigenvalue weighted by Gasteiger charge is 2.14. The zero-order valence-electron chi connectivity index (χ0n) is 9.21. The van der Waals surface area contributed by atoms with E-state index in [1.807, 2.05) is 12.1 Å². The number of hydrogen-bond acceptors (Lipinski definition) is 2. The zero-order chi connectivity index (χ0) is 11.5. The Balaban J connectivity index is 2.88. The van der Waals surface area contributed by atoms with Gasteiger partial charge in [0, 0.05) is 0 Å². The standard InChI is InChI=1S/C12H15BrO2/c1-12(2,3)8-15-11-9(7-14)5-4-6-10(11)13/h4-7H,8H2,1-3H3. The molecule has 2 nitrogen and oxygen atoms in total. The smallest absolute Gasteiger partial charge is 0.153 e. The van der Waals surface area contributed by atoms with Gasteiger partial charge in [0.15, 0.2) is 6.29 Å². The summed E-state index contributed by atoms with van der Waals surface area (Å²) in [6.07, 6.45) is 0.808. The van der Waals surface area contributed by atoms with Crippen LogP contribution in [0.1, 0.15) is 31.1 Å². The molecular weight excluding hydrogens is 256 g/mol. The number of carbonyl (C=O) groups is 1. The summed E-state index contributed by atoms with van der Waals surface area (Å²) in [4.78, 5) is 10.8. The number of carbonyl (C=O) groups excluding carboxylic acids is 1. The number of benzene rings is 1. The van der Waals surface area contributed by atoms with E-state index >= 15 is 0 Å². The summed E-state index contributed by atoms with van der Waals surface area (Å²) in [6.45, 7) is 6.84. The molecular formula is C12H15BrO2. The molecule has 0 N–H and O–H groups in total. The van der Waals surface area contributed by atoms with Crippen LogP contribution in [0.2, 0.25) is 0 Å². The van der Waals surface area contributed by atoms with E-state index in [-0.39, 0.29) is 5.41 Å². The molecule has 0 saturated carbocycles. The summed E-state index contributed by atoms with van der Waals surface area (Å²) < 4.78 is 6.46. The van der Waals surface area contributed by atoms with Crippen LogP contribution in [0, 0.1) is 5.41 Å². The van der Waals surface area contributed by atoms with Crippen LogP contribution in [0.15, 0.2) is 22.7 Å². The van der Waals surface area contributed by atoms with Gasteiger partial charge >= 0.3 is 0 Å². The van der Waals surface area contributed by atoms with E-state index in [1.165, 1.54) is 0 Å². The van der Waals surface area contributed by atoms with Crippen LogP contribution in [-0.4, -0.2) is 12.9 Å². The summed E-state index contributed by atoms with van der Waals surface area (Å²) in [5.41, 5.74) is 0.656. The Morgan fingerprint density at radius 3 is 2.60 bits per heavy atom. The van der Waals surface area contributed by atoms with Gasteiger partial charge in [-0.3, -0.25) is 4.79 Å². The molecule has 0 heterocycles. The minimum atomic E-state index is 0.0788. The summed E-state index contributed by atoms with van der Waals surface area (Å²) in [6, 6.07) is 5.43. The Morgan fingerprint density at radius 1 is 1.40 bits per heavy atom. The van der Waals surface area contributed by atoms with E-state index < -0.39 is 0 Å². The van der Waals surface area contributed by atoms with Gasteiger partial charge in [0.1, 0.15) is 5.75 Å². The topological polar surface area (TPSA) is 26.3 Å². The predicted octanol–water partition coefficient (Wildman–Crippen LogP) is 3.69. The van der Waals surface area contributed by atoms with Gasteiger partial charge < -0.3 is 4.74 Å². The lowest BCUT2D eigenvalue weighted by Gasteiger charge is -2.20. The minimum absolute atomic E-state index is 0.0788. The van der Waals surface area contributed by atoms with Crippen molar-refractivity contribution in [2.45, 2.75) is 20.8 Å². The van der Waals surface area contributed by atoms with Gasteiger partial charge in [-0.25, -0.2) is 0 Å². The van der Waals surface area contributed by atoms with E-state index in [0.29, 0.717) is 17.9 Å². The molecule has 0 radical (unpaired) electrons. The molecule has 0 fully saturated rings. The maximum absolute atomic E-state index is 10.8.